The van der Waals surface area contributed by atoms with Crippen molar-refractivity contribution in [3.8, 4) is 22.9 Å². The van der Waals surface area contributed by atoms with E-state index in [0.29, 0.717) is 17.1 Å². The Morgan fingerprint density at radius 1 is 1.14 bits per heavy atom. The van der Waals surface area contributed by atoms with Crippen LogP contribution in [-0.4, -0.2) is 37.7 Å². The van der Waals surface area contributed by atoms with Crippen molar-refractivity contribution in [1.82, 2.24) is 14.9 Å². The van der Waals surface area contributed by atoms with Crippen molar-refractivity contribution >= 4 is 15.7 Å². The third-order valence-electron chi connectivity index (χ3n) is 3.89. The van der Waals surface area contributed by atoms with E-state index in [-0.39, 0.29) is 28.8 Å². The molecule has 152 valence electrons. The van der Waals surface area contributed by atoms with E-state index in [1.807, 2.05) is 0 Å². The summed E-state index contributed by atoms with van der Waals surface area (Å²) in [6, 6.07) is 9.54. The van der Waals surface area contributed by atoms with E-state index in [4.69, 9.17) is 14.0 Å². The number of benzene rings is 2. The third kappa shape index (κ3) is 4.50. The van der Waals surface area contributed by atoms with Gasteiger partial charge in [-0.15, -0.1) is 0 Å². The molecule has 0 bridgehead atoms. The van der Waals surface area contributed by atoms with Gasteiger partial charge in [-0.25, -0.2) is 13.1 Å². The van der Waals surface area contributed by atoms with Crippen molar-refractivity contribution in [3.05, 3.63) is 58.5 Å². The Morgan fingerprint density at radius 2 is 1.86 bits per heavy atom. The number of aromatic nitrogens is 2. The third-order valence-corrected chi connectivity index (χ3v) is 5.31. The Labute approximate surface area is 165 Å². The lowest BCUT2D eigenvalue weighted by Gasteiger charge is -2.07. The number of nitro groups is 1. The minimum Gasteiger partial charge on any atom is -0.497 e. The van der Waals surface area contributed by atoms with E-state index < -0.39 is 14.9 Å². The predicted molar refractivity (Wildman–Crippen MR) is 100.0 cm³/mol. The standard InChI is InChI=1S/C17H16N4O7S/c1-26-12-5-8-14(15(9-12)27-2)17-19-16(28-20-17)10-18-29(24,25)13-6-3-11(4-7-13)21(22)23/h3-9,18H,10H2,1-2H3. The van der Waals surface area contributed by atoms with Crippen molar-refractivity contribution in [2.75, 3.05) is 14.2 Å². The SMILES string of the molecule is COc1ccc(-c2noc(CNS(=O)(=O)c3ccc([N+](=O)[O-])cc3)n2)c(OC)c1. The second-order valence-corrected chi connectivity index (χ2v) is 7.42. The van der Waals surface area contributed by atoms with Crippen LogP contribution in [0.1, 0.15) is 5.89 Å². The maximum atomic E-state index is 12.3. The first kappa shape index (κ1) is 20.2. The predicted octanol–water partition coefficient (Wildman–Crippen LogP) is 2.14. The van der Waals surface area contributed by atoms with Gasteiger partial charge in [0.1, 0.15) is 11.5 Å². The number of nitrogens with one attached hydrogen (secondary N) is 1. The molecule has 0 aliphatic carbocycles. The molecule has 0 unspecified atom stereocenters. The topological polar surface area (TPSA) is 147 Å². The largest absolute Gasteiger partial charge is 0.497 e. The van der Waals surface area contributed by atoms with E-state index in [0.717, 1.165) is 24.3 Å². The van der Waals surface area contributed by atoms with Gasteiger partial charge in [-0.1, -0.05) is 5.16 Å². The van der Waals surface area contributed by atoms with Crippen molar-refractivity contribution in [2.45, 2.75) is 11.4 Å². The van der Waals surface area contributed by atoms with E-state index in [2.05, 4.69) is 14.9 Å². The molecule has 0 atom stereocenters. The van der Waals surface area contributed by atoms with Gasteiger partial charge in [-0.3, -0.25) is 10.1 Å². The van der Waals surface area contributed by atoms with Crippen LogP contribution in [0.2, 0.25) is 0 Å². The van der Waals surface area contributed by atoms with E-state index in [9.17, 15) is 18.5 Å². The van der Waals surface area contributed by atoms with Crippen molar-refractivity contribution in [1.29, 1.82) is 0 Å². The summed E-state index contributed by atoms with van der Waals surface area (Å²) in [6.07, 6.45) is 0. The molecule has 0 fully saturated rings. The van der Waals surface area contributed by atoms with Gasteiger partial charge < -0.3 is 14.0 Å². The fourth-order valence-corrected chi connectivity index (χ4v) is 3.38. The molecule has 0 aliphatic rings. The first-order valence-corrected chi connectivity index (χ1v) is 9.61. The van der Waals surface area contributed by atoms with Crippen molar-refractivity contribution in [2.24, 2.45) is 0 Å². The molecule has 0 radical (unpaired) electrons. The molecule has 29 heavy (non-hydrogen) atoms. The lowest BCUT2D eigenvalue weighted by Crippen LogP contribution is -2.23. The van der Waals surface area contributed by atoms with Gasteiger partial charge in [-0.05, 0) is 24.3 Å². The quantitative estimate of drug-likeness (QED) is 0.427. The Kier molecular flexibility index (Phi) is 5.75. The van der Waals surface area contributed by atoms with Gasteiger partial charge in [0.2, 0.25) is 21.7 Å². The number of nitro benzene ring substituents is 1. The van der Waals surface area contributed by atoms with Crippen LogP contribution in [0.25, 0.3) is 11.4 Å². The average molecular weight is 420 g/mol. The number of nitrogens with zero attached hydrogens (tertiary/aromatic N) is 3. The smallest absolute Gasteiger partial charge is 0.269 e. The summed E-state index contributed by atoms with van der Waals surface area (Å²) in [7, 11) is -0.910. The van der Waals surface area contributed by atoms with Gasteiger partial charge in [-0.2, -0.15) is 4.98 Å². The second-order valence-electron chi connectivity index (χ2n) is 5.65. The summed E-state index contributed by atoms with van der Waals surface area (Å²) in [5.41, 5.74) is 0.334. The molecule has 11 nitrogen and oxygen atoms in total. The Hall–Kier alpha value is -3.51. The van der Waals surface area contributed by atoms with Crippen molar-refractivity contribution < 1.29 is 27.3 Å². The van der Waals surface area contributed by atoms with Gasteiger partial charge in [0.05, 0.1) is 36.1 Å². The number of ether oxygens (including phenoxy) is 2. The lowest BCUT2D eigenvalue weighted by molar-refractivity contribution is -0.384. The molecule has 3 rings (SSSR count). The molecule has 0 saturated heterocycles. The second kappa shape index (κ2) is 8.24. The number of rotatable bonds is 8. The van der Waals surface area contributed by atoms with Crippen LogP contribution >= 0.6 is 0 Å². The molecular formula is C17H16N4O7S. The zero-order valence-electron chi connectivity index (χ0n) is 15.4. The highest BCUT2D eigenvalue weighted by atomic mass is 32.2. The van der Waals surface area contributed by atoms with Crippen LogP contribution in [0.15, 0.2) is 51.9 Å². The molecule has 3 aromatic rings. The molecule has 0 saturated carbocycles. The maximum absolute atomic E-state index is 12.3. The number of hydrogen-bond donors (Lipinski definition) is 1. The van der Waals surface area contributed by atoms with Gasteiger partial charge in [0.25, 0.3) is 5.69 Å². The first-order valence-electron chi connectivity index (χ1n) is 8.13. The molecule has 1 heterocycles. The van der Waals surface area contributed by atoms with E-state index in [1.54, 1.807) is 18.2 Å². The Morgan fingerprint density at radius 3 is 2.48 bits per heavy atom. The van der Waals surface area contributed by atoms with Gasteiger partial charge in [0, 0.05) is 18.2 Å². The summed E-state index contributed by atoms with van der Waals surface area (Å²) in [6.45, 7) is -0.259. The summed E-state index contributed by atoms with van der Waals surface area (Å²) in [5, 5.41) is 14.5. The summed E-state index contributed by atoms with van der Waals surface area (Å²) < 4.78 is 42.5. The molecular weight excluding hydrogens is 404 g/mol. The monoisotopic (exact) mass is 420 g/mol. The molecule has 2 aromatic carbocycles. The molecule has 0 amide bonds. The molecule has 0 aliphatic heterocycles. The highest BCUT2D eigenvalue weighted by Crippen LogP contribution is 2.31. The minimum absolute atomic E-state index is 0.0309. The summed E-state index contributed by atoms with van der Waals surface area (Å²) in [5.74, 6) is 1.30. The van der Waals surface area contributed by atoms with Crippen LogP contribution in [0, 0.1) is 10.1 Å². The Bertz CT molecular complexity index is 1130. The molecule has 12 heteroatoms. The van der Waals surface area contributed by atoms with Crippen LogP contribution < -0.4 is 14.2 Å². The molecule has 1 N–H and O–H groups in total. The number of hydrogen-bond acceptors (Lipinski definition) is 9. The number of methoxy groups -OCH3 is 2. The molecule has 0 spiro atoms. The lowest BCUT2D eigenvalue weighted by atomic mass is 10.2. The number of non-ortho nitro benzene ring substituents is 1. The zero-order chi connectivity index (χ0) is 21.0. The van der Waals surface area contributed by atoms with E-state index in [1.165, 1.54) is 14.2 Å². The molecule has 1 aromatic heterocycles. The normalized spacial score (nSPS) is 11.2. The summed E-state index contributed by atoms with van der Waals surface area (Å²) >= 11 is 0. The van der Waals surface area contributed by atoms with Crippen LogP contribution in [0.3, 0.4) is 0 Å². The van der Waals surface area contributed by atoms with Crippen LogP contribution in [-0.2, 0) is 16.6 Å². The van der Waals surface area contributed by atoms with Crippen LogP contribution in [0.5, 0.6) is 11.5 Å². The fourth-order valence-electron chi connectivity index (χ4n) is 2.41. The highest BCUT2D eigenvalue weighted by Gasteiger charge is 2.19. The van der Waals surface area contributed by atoms with Crippen molar-refractivity contribution in [3.63, 3.8) is 0 Å². The zero-order valence-corrected chi connectivity index (χ0v) is 16.2. The van der Waals surface area contributed by atoms with Crippen LogP contribution in [0.4, 0.5) is 5.69 Å². The first-order chi connectivity index (χ1) is 13.8. The highest BCUT2D eigenvalue weighted by molar-refractivity contribution is 7.89. The summed E-state index contributed by atoms with van der Waals surface area (Å²) in [4.78, 5) is 14.1. The maximum Gasteiger partial charge on any atom is 0.269 e. The number of sulfonamides is 1. The van der Waals surface area contributed by atoms with Gasteiger partial charge >= 0.3 is 0 Å². The fraction of sp³-hybridized carbons (Fsp3) is 0.176. The minimum atomic E-state index is -3.92. The Balaban J connectivity index is 1.74. The van der Waals surface area contributed by atoms with E-state index >= 15 is 0 Å². The average Bonchev–Trinajstić information content (AvgIpc) is 3.20. The van der Waals surface area contributed by atoms with Gasteiger partial charge in [0.15, 0.2) is 0 Å².